The third-order valence-electron chi connectivity index (χ3n) is 11.4. The minimum atomic E-state index is 0.770. The van der Waals surface area contributed by atoms with Crippen molar-refractivity contribution >= 4 is 85.1 Å². The fourth-order valence-electron chi connectivity index (χ4n) is 8.49. The van der Waals surface area contributed by atoms with Gasteiger partial charge in [0.05, 0.1) is 44.7 Å². The van der Waals surface area contributed by atoms with E-state index in [2.05, 4.69) is 132 Å². The number of benzene rings is 5. The van der Waals surface area contributed by atoms with Gasteiger partial charge in [0.25, 0.3) is 0 Å². The predicted octanol–water partition coefficient (Wildman–Crippen LogP) is 15.8. The van der Waals surface area contributed by atoms with Gasteiger partial charge in [-0.15, -0.1) is 22.7 Å². The van der Waals surface area contributed by atoms with E-state index in [1.807, 2.05) is 22.7 Å². The fraction of sp³-hybridized carbons (Fsp3) is 0.320. The molecule has 0 fully saturated rings. The summed E-state index contributed by atoms with van der Waals surface area (Å²) >= 11 is 3.80. The molecule has 0 N–H and O–H groups in total. The second kappa shape index (κ2) is 16.8. The molecule has 0 spiro atoms. The van der Waals surface area contributed by atoms with Gasteiger partial charge in [0.1, 0.15) is 11.5 Å². The van der Waals surface area contributed by atoms with Crippen molar-refractivity contribution < 1.29 is 9.47 Å². The summed E-state index contributed by atoms with van der Waals surface area (Å²) in [5, 5.41) is 5.16. The molecule has 0 unspecified atom stereocenters. The minimum absolute atomic E-state index is 0.770. The lowest BCUT2D eigenvalue weighted by atomic mass is 10.1. The number of rotatable bonds is 18. The molecular formula is C50H52N2O2S2. The maximum Gasteiger partial charge on any atom is 0.119 e. The van der Waals surface area contributed by atoms with Gasteiger partial charge in [-0.1, -0.05) is 114 Å². The van der Waals surface area contributed by atoms with Crippen LogP contribution in [-0.4, -0.2) is 22.3 Å². The minimum Gasteiger partial charge on any atom is -0.494 e. The number of ether oxygens (including phenoxy) is 2. The quantitative estimate of drug-likeness (QED) is 0.0812. The Morgan fingerprint density at radius 3 is 1.25 bits per heavy atom. The number of hydrogen-bond donors (Lipinski definition) is 0. The van der Waals surface area contributed by atoms with Crippen LogP contribution in [0.5, 0.6) is 11.5 Å². The molecule has 4 aromatic heterocycles. The lowest BCUT2D eigenvalue weighted by molar-refractivity contribution is 0.304. The zero-order valence-electron chi connectivity index (χ0n) is 32.8. The maximum atomic E-state index is 6.23. The van der Waals surface area contributed by atoms with Crippen LogP contribution >= 0.6 is 22.7 Å². The Hall–Kier alpha value is -4.78. The van der Waals surface area contributed by atoms with Crippen molar-refractivity contribution in [1.82, 2.24) is 9.13 Å². The van der Waals surface area contributed by atoms with Crippen molar-refractivity contribution in [3.63, 3.8) is 0 Å². The van der Waals surface area contributed by atoms with Gasteiger partial charge in [-0.3, -0.25) is 0 Å². The highest BCUT2D eigenvalue weighted by Crippen LogP contribution is 2.48. The molecule has 6 heteroatoms. The smallest absolute Gasteiger partial charge is 0.119 e. The van der Waals surface area contributed by atoms with E-state index in [-0.39, 0.29) is 0 Å². The monoisotopic (exact) mass is 776 g/mol. The molecule has 0 radical (unpaired) electrons. The van der Waals surface area contributed by atoms with Crippen LogP contribution in [0.4, 0.5) is 0 Å². The summed E-state index contributed by atoms with van der Waals surface area (Å²) in [5.41, 5.74) is 7.34. The Kier molecular flexibility index (Phi) is 11.0. The fourth-order valence-corrected chi connectivity index (χ4v) is 10.9. The van der Waals surface area contributed by atoms with Crippen LogP contribution in [0.25, 0.3) is 73.8 Å². The Morgan fingerprint density at radius 1 is 0.429 bits per heavy atom. The molecule has 0 saturated heterocycles. The van der Waals surface area contributed by atoms with Crippen molar-refractivity contribution in [3.05, 3.63) is 109 Å². The van der Waals surface area contributed by atoms with E-state index < -0.39 is 0 Å². The average molecular weight is 777 g/mol. The number of hydrogen-bond acceptors (Lipinski definition) is 4. The van der Waals surface area contributed by atoms with E-state index in [1.165, 1.54) is 127 Å². The van der Waals surface area contributed by atoms with Gasteiger partial charge in [0.2, 0.25) is 0 Å². The van der Waals surface area contributed by atoms with Gasteiger partial charge in [-0.25, -0.2) is 0 Å². The first-order valence-corrected chi connectivity index (χ1v) is 22.6. The van der Waals surface area contributed by atoms with Crippen molar-refractivity contribution in [3.8, 4) is 22.9 Å². The maximum absolute atomic E-state index is 6.23. The second-order valence-corrected chi connectivity index (χ2v) is 17.4. The molecule has 4 heterocycles. The van der Waals surface area contributed by atoms with Crippen LogP contribution < -0.4 is 9.47 Å². The van der Waals surface area contributed by atoms with Crippen LogP contribution in [0.15, 0.2) is 109 Å². The molecule has 286 valence electrons. The average Bonchev–Trinajstić information content (AvgIpc) is 3.97. The van der Waals surface area contributed by atoms with E-state index in [0.717, 1.165) is 48.9 Å². The standard InChI is InChI=1S/C50H52N2O2S2/c1-3-5-7-9-11-17-31-53-37-27-23-35(24-28-37)51-43-33-42-44(34-41(43)49-47(51)39-19-13-15-21-45(39)55-49)52(48-40-20-14-16-22-46(40)56-50(42)48)36-25-29-38(30-26-36)54-32-18-12-10-8-6-4-2/h13-16,19-30,33-34H,3-12,17-18,31-32H2,1-2H3. The van der Waals surface area contributed by atoms with E-state index in [0.29, 0.717) is 0 Å². The molecule has 4 nitrogen and oxygen atoms in total. The largest absolute Gasteiger partial charge is 0.494 e. The first-order chi connectivity index (χ1) is 27.7. The molecule has 0 aliphatic heterocycles. The molecule has 0 atom stereocenters. The summed E-state index contributed by atoms with van der Waals surface area (Å²) in [5.74, 6) is 1.88. The molecule has 0 bridgehead atoms. The number of thiophene rings is 2. The number of aromatic nitrogens is 2. The molecule has 56 heavy (non-hydrogen) atoms. The summed E-state index contributed by atoms with van der Waals surface area (Å²) in [7, 11) is 0. The lowest BCUT2D eigenvalue weighted by Gasteiger charge is -2.12. The van der Waals surface area contributed by atoms with Crippen LogP contribution in [0, 0.1) is 0 Å². The molecule has 5 aromatic carbocycles. The summed E-state index contributed by atoms with van der Waals surface area (Å²) in [6, 6.07) is 40.2. The molecule has 0 saturated carbocycles. The van der Waals surface area contributed by atoms with Gasteiger partial charge >= 0.3 is 0 Å². The number of nitrogens with zero attached hydrogens (tertiary/aromatic N) is 2. The van der Waals surface area contributed by atoms with E-state index in [9.17, 15) is 0 Å². The van der Waals surface area contributed by atoms with E-state index in [4.69, 9.17) is 9.47 Å². The van der Waals surface area contributed by atoms with Gasteiger partial charge < -0.3 is 18.6 Å². The Balaban J connectivity index is 1.12. The van der Waals surface area contributed by atoms with Gasteiger partial charge in [0, 0.05) is 42.3 Å². The van der Waals surface area contributed by atoms with Crippen molar-refractivity contribution in [2.24, 2.45) is 0 Å². The normalized spacial score (nSPS) is 12.0. The van der Waals surface area contributed by atoms with Crippen molar-refractivity contribution in [2.45, 2.75) is 90.9 Å². The first kappa shape index (κ1) is 36.8. The third-order valence-corrected chi connectivity index (χ3v) is 13.8. The molecule has 0 aliphatic rings. The zero-order valence-corrected chi connectivity index (χ0v) is 34.5. The van der Waals surface area contributed by atoms with Crippen LogP contribution in [0.2, 0.25) is 0 Å². The van der Waals surface area contributed by atoms with Crippen LogP contribution in [-0.2, 0) is 0 Å². The van der Waals surface area contributed by atoms with Gasteiger partial charge in [-0.05, 0) is 85.6 Å². The zero-order chi connectivity index (χ0) is 37.8. The third kappa shape index (κ3) is 7.07. The van der Waals surface area contributed by atoms with Gasteiger partial charge in [-0.2, -0.15) is 0 Å². The second-order valence-electron chi connectivity index (χ2n) is 15.3. The van der Waals surface area contributed by atoms with E-state index in [1.54, 1.807) is 0 Å². The van der Waals surface area contributed by atoms with E-state index >= 15 is 0 Å². The highest BCUT2D eigenvalue weighted by atomic mass is 32.1. The summed E-state index contributed by atoms with van der Waals surface area (Å²) < 4.78 is 22.7. The highest BCUT2D eigenvalue weighted by molar-refractivity contribution is 7.27. The molecule has 0 amide bonds. The Bertz CT molecular complexity index is 2540. The summed E-state index contributed by atoms with van der Waals surface area (Å²) in [4.78, 5) is 0. The number of fused-ring (bicyclic) bond motifs is 10. The summed E-state index contributed by atoms with van der Waals surface area (Å²) in [6.07, 6.45) is 15.2. The molecule has 0 aliphatic carbocycles. The Morgan fingerprint density at radius 2 is 0.821 bits per heavy atom. The lowest BCUT2D eigenvalue weighted by Crippen LogP contribution is -1.99. The van der Waals surface area contributed by atoms with Crippen molar-refractivity contribution in [1.29, 1.82) is 0 Å². The predicted molar refractivity (Wildman–Crippen MR) is 244 cm³/mol. The topological polar surface area (TPSA) is 28.3 Å². The van der Waals surface area contributed by atoms with Gasteiger partial charge in [0.15, 0.2) is 0 Å². The first-order valence-electron chi connectivity index (χ1n) is 21.0. The molecule has 9 aromatic rings. The summed E-state index contributed by atoms with van der Waals surface area (Å²) in [6.45, 7) is 6.08. The highest BCUT2D eigenvalue weighted by Gasteiger charge is 2.23. The SMILES string of the molecule is CCCCCCCCOc1ccc(-n2c3cc4c5sc6ccccc6c5n(-c5ccc(OCCCCCCCC)cc5)c4cc3c3sc4ccccc4c32)cc1. The molecule has 9 rings (SSSR count). The Labute approximate surface area is 338 Å². The molecular weight excluding hydrogens is 725 g/mol. The number of unbranched alkanes of at least 4 members (excludes halogenated alkanes) is 10. The van der Waals surface area contributed by atoms with Crippen molar-refractivity contribution in [2.75, 3.05) is 13.2 Å². The van der Waals surface area contributed by atoms with Crippen LogP contribution in [0.3, 0.4) is 0 Å². The van der Waals surface area contributed by atoms with Crippen LogP contribution in [0.1, 0.15) is 90.9 Å².